The molecule has 2 aliphatic heterocycles. The number of alkyl carbamates (subject to hydrolysis) is 1. The molecular formula is C32H62N6O8Si2. The second-order valence-corrected chi connectivity index (χ2v) is 23.0. The number of hydrogen-bond acceptors (Lipinski definition) is 11. The molecule has 6 N–H and O–H groups in total. The lowest BCUT2D eigenvalue weighted by atomic mass is 10.1. The number of ether oxygens (including phenoxy) is 2. The largest absolute Gasteiger partial charge is 0.439 e. The molecule has 276 valence electrons. The molecule has 16 heteroatoms. The summed E-state index contributed by atoms with van der Waals surface area (Å²) in [6.45, 7) is 21.8. The fourth-order valence-electron chi connectivity index (χ4n) is 6.65. The molecule has 0 bridgehead atoms. The first kappa shape index (κ1) is 40.5. The van der Waals surface area contributed by atoms with Gasteiger partial charge in [0.1, 0.15) is 12.2 Å². The molecule has 0 aromatic carbocycles. The smallest absolute Gasteiger partial charge is 0.407 e. The van der Waals surface area contributed by atoms with E-state index in [0.717, 1.165) is 45.4 Å². The fraction of sp³-hybridized carbons (Fsp3) is 0.844. The van der Waals surface area contributed by atoms with Gasteiger partial charge in [-0.3, -0.25) is 14.3 Å². The van der Waals surface area contributed by atoms with E-state index >= 15 is 0 Å². The van der Waals surface area contributed by atoms with Gasteiger partial charge in [-0.2, -0.15) is 0 Å². The van der Waals surface area contributed by atoms with Crippen LogP contribution in [0, 0.1) is 0 Å². The van der Waals surface area contributed by atoms with Crippen LogP contribution in [0.2, 0.25) is 22.2 Å². The summed E-state index contributed by atoms with van der Waals surface area (Å²) >= 11 is 0. The van der Waals surface area contributed by atoms with Gasteiger partial charge in [-0.05, 0) is 80.6 Å². The van der Waals surface area contributed by atoms with Gasteiger partial charge in [-0.15, -0.1) is 0 Å². The summed E-state index contributed by atoms with van der Waals surface area (Å²) in [5.41, 5.74) is 4.65. The molecule has 0 unspecified atom stereocenters. The lowest BCUT2D eigenvalue weighted by Gasteiger charge is -2.51. The number of fused-ring (bicyclic) bond motifs is 1. The number of carbonyl (C=O) groups excluding carboxylic acids is 1. The molecule has 0 radical (unpaired) electrons. The monoisotopic (exact) mass is 714 g/mol. The number of aromatic amines is 1. The summed E-state index contributed by atoms with van der Waals surface area (Å²) < 4.78 is 35.1. The van der Waals surface area contributed by atoms with Crippen LogP contribution in [0.4, 0.5) is 4.79 Å². The Hall–Kier alpha value is -1.90. The van der Waals surface area contributed by atoms with Crippen LogP contribution in [0.5, 0.6) is 0 Å². The van der Waals surface area contributed by atoms with Gasteiger partial charge in [-0.25, -0.2) is 9.59 Å². The van der Waals surface area contributed by atoms with Crippen molar-refractivity contribution in [3.05, 3.63) is 33.1 Å². The summed E-state index contributed by atoms with van der Waals surface area (Å²) in [5, 5.41) is 9.63. The Kier molecular flexibility index (Phi) is 16.0. The molecule has 14 nitrogen and oxygen atoms in total. The van der Waals surface area contributed by atoms with Crippen molar-refractivity contribution in [2.75, 3.05) is 45.9 Å². The molecule has 4 atom stereocenters. The number of hydrogen-bond donors (Lipinski definition) is 5. The predicted molar refractivity (Wildman–Crippen MR) is 191 cm³/mol. The zero-order chi connectivity index (χ0) is 35.5. The lowest BCUT2D eigenvalue weighted by Crippen LogP contribution is -2.66. The molecule has 3 rings (SSSR count). The van der Waals surface area contributed by atoms with Crippen molar-refractivity contribution >= 4 is 23.2 Å². The van der Waals surface area contributed by atoms with E-state index in [-0.39, 0.29) is 28.8 Å². The van der Waals surface area contributed by atoms with Crippen LogP contribution in [-0.2, 0) is 22.4 Å². The van der Waals surface area contributed by atoms with Gasteiger partial charge in [0, 0.05) is 18.8 Å². The second-order valence-electron chi connectivity index (χ2n) is 14.1. The van der Waals surface area contributed by atoms with E-state index in [1.54, 1.807) is 0 Å². The highest BCUT2D eigenvalue weighted by atomic mass is 28.5. The number of nitrogens with one attached hydrogen (secondary N) is 4. The molecule has 2 saturated heterocycles. The number of aromatic nitrogens is 2. The number of amides is 1. The maximum atomic E-state index is 13.3. The standard InChI is InChI=1S/C32H62N6O8Si2/c1-22(2)47(23(3)4)42-21-26-28(45-48(46-47,24(5)6)25(7)8)29(30(43-26)38-20-13-27(39)37-31(38)40)44-32(41)36-19-12-18-35-16-10-9-15-34-17-11-14-33/h13,20,22-26,28-30,34-35H,9-12,14-19,21,33H2,1-8H3,(H,36,41)(H,37,39,40)/t26-,28-,29-,30-/m1/s1. The van der Waals surface area contributed by atoms with Crippen LogP contribution in [0.25, 0.3) is 0 Å². The van der Waals surface area contributed by atoms with Crippen molar-refractivity contribution in [2.24, 2.45) is 5.73 Å². The average Bonchev–Trinajstić information content (AvgIpc) is 3.32. The number of H-pyrrole nitrogens is 1. The van der Waals surface area contributed by atoms with E-state index in [9.17, 15) is 14.4 Å². The highest BCUT2D eigenvalue weighted by Gasteiger charge is 2.62. The van der Waals surface area contributed by atoms with Crippen molar-refractivity contribution in [2.45, 2.75) is 128 Å². The highest BCUT2D eigenvalue weighted by molar-refractivity contribution is 6.84. The Morgan fingerprint density at radius 1 is 0.917 bits per heavy atom. The van der Waals surface area contributed by atoms with Gasteiger partial charge < -0.3 is 44.1 Å². The molecule has 3 heterocycles. The molecule has 1 aromatic rings. The third-order valence-corrected chi connectivity index (χ3v) is 19.5. The first-order valence-electron chi connectivity index (χ1n) is 17.8. The van der Waals surface area contributed by atoms with Crippen molar-refractivity contribution < 1.29 is 27.2 Å². The second kappa shape index (κ2) is 18.9. The van der Waals surface area contributed by atoms with Crippen molar-refractivity contribution in [3.63, 3.8) is 0 Å². The van der Waals surface area contributed by atoms with E-state index in [2.05, 4.69) is 76.3 Å². The first-order chi connectivity index (χ1) is 22.8. The maximum Gasteiger partial charge on any atom is 0.407 e. The predicted octanol–water partition coefficient (Wildman–Crippen LogP) is 3.18. The minimum Gasteiger partial charge on any atom is -0.439 e. The van der Waals surface area contributed by atoms with Crippen molar-refractivity contribution in [1.29, 1.82) is 0 Å². The number of carbonyl (C=O) groups is 1. The van der Waals surface area contributed by atoms with Crippen LogP contribution in [-0.4, -0.2) is 97.0 Å². The lowest BCUT2D eigenvalue weighted by molar-refractivity contribution is -0.0609. The Morgan fingerprint density at radius 2 is 1.50 bits per heavy atom. The van der Waals surface area contributed by atoms with Crippen molar-refractivity contribution in [1.82, 2.24) is 25.5 Å². The third-order valence-electron chi connectivity index (χ3n) is 9.30. The molecule has 0 aliphatic carbocycles. The number of rotatable bonds is 18. The molecule has 0 spiro atoms. The maximum absolute atomic E-state index is 13.3. The van der Waals surface area contributed by atoms with E-state index < -0.39 is 59.0 Å². The van der Waals surface area contributed by atoms with Gasteiger partial charge in [0.15, 0.2) is 12.3 Å². The Morgan fingerprint density at radius 3 is 2.06 bits per heavy atom. The van der Waals surface area contributed by atoms with E-state index in [0.29, 0.717) is 19.5 Å². The zero-order valence-corrected chi connectivity index (χ0v) is 32.3. The molecule has 1 amide bonds. The van der Waals surface area contributed by atoms with Gasteiger partial charge in [0.05, 0.1) is 6.61 Å². The highest BCUT2D eigenvalue weighted by Crippen LogP contribution is 2.48. The molecule has 0 saturated carbocycles. The van der Waals surface area contributed by atoms with Crippen LogP contribution >= 0.6 is 0 Å². The van der Waals surface area contributed by atoms with Gasteiger partial charge >= 0.3 is 28.9 Å². The fourth-order valence-corrected chi connectivity index (χ4v) is 17.9. The first-order valence-corrected chi connectivity index (χ1v) is 21.8. The third kappa shape index (κ3) is 10.1. The van der Waals surface area contributed by atoms with Crippen molar-refractivity contribution in [3.8, 4) is 0 Å². The quantitative estimate of drug-likeness (QED) is 0.111. The minimum absolute atomic E-state index is 0.0356. The Labute approximate surface area is 288 Å². The SMILES string of the molecule is CC(C)[Si]1(C(C)C)OC[C@H]2O[C@@H](n3ccc(=O)[nH]c3=O)[C@H](OC(=O)NCCCNCCCCNCCCN)[C@@H]2O[Si](C(C)C)(C(C)C)O1. The molecule has 48 heavy (non-hydrogen) atoms. The van der Waals surface area contributed by atoms with Gasteiger partial charge in [-0.1, -0.05) is 55.4 Å². The van der Waals surface area contributed by atoms with Crippen LogP contribution < -0.4 is 32.9 Å². The molecule has 1 aromatic heterocycles. The van der Waals surface area contributed by atoms with Gasteiger partial charge in [0.2, 0.25) is 0 Å². The Balaban J connectivity index is 1.77. The van der Waals surface area contributed by atoms with E-state index in [1.807, 2.05) is 0 Å². The zero-order valence-electron chi connectivity index (χ0n) is 30.3. The topological polar surface area (TPSA) is 180 Å². The van der Waals surface area contributed by atoms with Gasteiger partial charge in [0.25, 0.3) is 5.56 Å². The number of unbranched alkanes of at least 4 members (excludes halogenated alkanes) is 1. The Bertz CT molecular complexity index is 1230. The summed E-state index contributed by atoms with van der Waals surface area (Å²) in [5.74, 6) is 0. The van der Waals surface area contributed by atoms with Crippen LogP contribution in [0.15, 0.2) is 21.9 Å². The van der Waals surface area contributed by atoms with E-state index in [1.165, 1.54) is 16.8 Å². The summed E-state index contributed by atoms with van der Waals surface area (Å²) in [6, 6.07) is 1.24. The number of nitrogens with zero attached hydrogens (tertiary/aromatic N) is 1. The molecule has 2 fully saturated rings. The summed E-state index contributed by atoms with van der Waals surface area (Å²) in [4.78, 5) is 40.5. The summed E-state index contributed by atoms with van der Waals surface area (Å²) in [6.07, 6.45) is 1.08. The summed E-state index contributed by atoms with van der Waals surface area (Å²) in [7, 11) is -5.94. The number of nitrogens with two attached hydrogens (primary N) is 1. The minimum atomic E-state index is -3.09. The normalized spacial score (nSPS) is 23.8. The average molecular weight is 715 g/mol. The molecule has 2 aliphatic rings. The van der Waals surface area contributed by atoms with Crippen LogP contribution in [0.1, 0.15) is 87.3 Å². The van der Waals surface area contributed by atoms with E-state index in [4.69, 9.17) is 28.2 Å². The van der Waals surface area contributed by atoms with Crippen LogP contribution in [0.3, 0.4) is 0 Å². The molecular weight excluding hydrogens is 653 g/mol.